The zero-order valence-electron chi connectivity index (χ0n) is 11.8. The third-order valence-electron chi connectivity index (χ3n) is 4.25. The third kappa shape index (κ3) is 2.25. The van der Waals surface area contributed by atoms with E-state index in [1.165, 1.54) is 0 Å². The summed E-state index contributed by atoms with van der Waals surface area (Å²) in [5.41, 5.74) is 1.80. The summed E-state index contributed by atoms with van der Waals surface area (Å²) in [5, 5.41) is 11.2. The molecule has 108 valence electrons. The predicted molar refractivity (Wildman–Crippen MR) is 76.2 cm³/mol. The number of benzene rings is 1. The SMILES string of the molecule is Cc1ccc(N2CC3OCCN(C)C3C2)c([N+](=O)[O-])c1. The molecule has 2 unspecified atom stereocenters. The number of nitro benzene ring substituents is 1. The molecule has 1 aromatic carbocycles. The van der Waals surface area contributed by atoms with Gasteiger partial charge in [-0.2, -0.15) is 0 Å². The third-order valence-corrected chi connectivity index (χ3v) is 4.25. The average molecular weight is 277 g/mol. The molecular formula is C14H19N3O3. The molecule has 2 fully saturated rings. The zero-order valence-corrected chi connectivity index (χ0v) is 11.8. The molecule has 0 aromatic heterocycles. The van der Waals surface area contributed by atoms with Crippen LogP contribution in [0.3, 0.4) is 0 Å². The second kappa shape index (κ2) is 5.03. The van der Waals surface area contributed by atoms with Gasteiger partial charge in [0.2, 0.25) is 0 Å². The molecule has 1 aromatic rings. The number of hydrogen-bond donors (Lipinski definition) is 0. The van der Waals surface area contributed by atoms with Crippen molar-refractivity contribution in [3.63, 3.8) is 0 Å². The first-order valence-electron chi connectivity index (χ1n) is 6.88. The van der Waals surface area contributed by atoms with Crippen LogP contribution in [0.25, 0.3) is 0 Å². The van der Waals surface area contributed by atoms with E-state index in [9.17, 15) is 10.1 Å². The summed E-state index contributed by atoms with van der Waals surface area (Å²) in [4.78, 5) is 15.3. The molecule has 0 radical (unpaired) electrons. The molecule has 0 bridgehead atoms. The van der Waals surface area contributed by atoms with Gasteiger partial charge in [0.25, 0.3) is 5.69 Å². The number of ether oxygens (including phenoxy) is 1. The van der Waals surface area contributed by atoms with Crippen LogP contribution in [0.5, 0.6) is 0 Å². The summed E-state index contributed by atoms with van der Waals surface area (Å²) in [6, 6.07) is 5.74. The van der Waals surface area contributed by atoms with E-state index in [1.807, 2.05) is 19.1 Å². The number of anilines is 1. The van der Waals surface area contributed by atoms with Gasteiger partial charge in [0.1, 0.15) is 5.69 Å². The Kier molecular flexibility index (Phi) is 3.35. The predicted octanol–water partition coefficient (Wildman–Crippen LogP) is 1.42. The normalized spacial score (nSPS) is 26.6. The first-order chi connectivity index (χ1) is 9.56. The monoisotopic (exact) mass is 277 g/mol. The molecular weight excluding hydrogens is 258 g/mol. The van der Waals surface area contributed by atoms with Crippen molar-refractivity contribution in [3.8, 4) is 0 Å². The van der Waals surface area contributed by atoms with Crippen molar-refractivity contribution in [2.75, 3.05) is 38.2 Å². The van der Waals surface area contributed by atoms with Crippen LogP contribution in [-0.4, -0.2) is 55.3 Å². The number of likely N-dealkylation sites (N-methyl/N-ethyl adjacent to an activating group) is 1. The molecule has 0 spiro atoms. The summed E-state index contributed by atoms with van der Waals surface area (Å²) < 4.78 is 5.79. The molecule has 20 heavy (non-hydrogen) atoms. The van der Waals surface area contributed by atoms with E-state index in [0.29, 0.717) is 11.7 Å². The standard InChI is InChI=1S/C14H19N3O3/c1-10-3-4-11(12(7-10)17(18)19)16-8-13-14(9-16)20-6-5-15(13)2/h3-4,7,13-14H,5-6,8-9H2,1-2H3. The summed E-state index contributed by atoms with van der Waals surface area (Å²) in [5.74, 6) is 0. The summed E-state index contributed by atoms with van der Waals surface area (Å²) in [6.07, 6.45) is 0.148. The van der Waals surface area contributed by atoms with Crippen LogP contribution in [0.15, 0.2) is 18.2 Å². The molecule has 2 saturated heterocycles. The summed E-state index contributed by atoms with van der Waals surface area (Å²) in [6.45, 7) is 5.04. The Morgan fingerprint density at radius 2 is 2.20 bits per heavy atom. The van der Waals surface area contributed by atoms with Gasteiger partial charge in [-0.3, -0.25) is 15.0 Å². The topological polar surface area (TPSA) is 58.8 Å². The van der Waals surface area contributed by atoms with Crippen LogP contribution in [0.1, 0.15) is 5.56 Å². The van der Waals surface area contributed by atoms with E-state index in [-0.39, 0.29) is 16.7 Å². The van der Waals surface area contributed by atoms with E-state index in [1.54, 1.807) is 6.07 Å². The number of nitrogens with zero attached hydrogens (tertiary/aromatic N) is 3. The maximum absolute atomic E-state index is 11.2. The molecule has 2 atom stereocenters. The lowest BCUT2D eigenvalue weighted by atomic mass is 10.1. The number of nitro groups is 1. The van der Waals surface area contributed by atoms with Crippen molar-refractivity contribution in [1.82, 2.24) is 4.90 Å². The van der Waals surface area contributed by atoms with Gasteiger partial charge >= 0.3 is 0 Å². The van der Waals surface area contributed by atoms with E-state index in [4.69, 9.17) is 4.74 Å². The van der Waals surface area contributed by atoms with Crippen LogP contribution in [0, 0.1) is 17.0 Å². The van der Waals surface area contributed by atoms with Crippen LogP contribution in [-0.2, 0) is 4.74 Å². The highest BCUT2D eigenvalue weighted by molar-refractivity contribution is 5.65. The molecule has 6 nitrogen and oxygen atoms in total. The lowest BCUT2D eigenvalue weighted by Gasteiger charge is -2.33. The maximum atomic E-state index is 11.2. The maximum Gasteiger partial charge on any atom is 0.292 e. The number of morpholine rings is 1. The molecule has 0 aliphatic carbocycles. The fourth-order valence-corrected chi connectivity index (χ4v) is 3.10. The average Bonchev–Trinajstić information content (AvgIpc) is 2.84. The Labute approximate surface area is 118 Å². The van der Waals surface area contributed by atoms with E-state index < -0.39 is 0 Å². The van der Waals surface area contributed by atoms with Gasteiger partial charge in [0.15, 0.2) is 0 Å². The lowest BCUT2D eigenvalue weighted by Crippen LogP contribution is -2.48. The molecule has 2 heterocycles. The van der Waals surface area contributed by atoms with Crippen LogP contribution >= 0.6 is 0 Å². The lowest BCUT2D eigenvalue weighted by molar-refractivity contribution is -0.384. The highest BCUT2D eigenvalue weighted by Crippen LogP contribution is 2.33. The Hall–Kier alpha value is -1.66. The first kappa shape index (κ1) is 13.3. The van der Waals surface area contributed by atoms with Crippen LogP contribution < -0.4 is 4.90 Å². The van der Waals surface area contributed by atoms with Gasteiger partial charge < -0.3 is 9.64 Å². The Morgan fingerprint density at radius 3 is 2.90 bits per heavy atom. The largest absolute Gasteiger partial charge is 0.373 e. The van der Waals surface area contributed by atoms with E-state index >= 15 is 0 Å². The molecule has 0 N–H and O–H groups in total. The quantitative estimate of drug-likeness (QED) is 0.604. The molecule has 3 rings (SSSR count). The number of aryl methyl sites for hydroxylation is 1. The Balaban J connectivity index is 1.89. The molecule has 6 heteroatoms. The Bertz CT molecular complexity index is 534. The molecule has 0 saturated carbocycles. The minimum Gasteiger partial charge on any atom is -0.373 e. The molecule has 2 aliphatic rings. The van der Waals surface area contributed by atoms with Crippen molar-refractivity contribution in [3.05, 3.63) is 33.9 Å². The van der Waals surface area contributed by atoms with Crippen LogP contribution in [0.4, 0.5) is 11.4 Å². The summed E-state index contributed by atoms with van der Waals surface area (Å²) >= 11 is 0. The fraction of sp³-hybridized carbons (Fsp3) is 0.571. The first-order valence-corrected chi connectivity index (χ1v) is 6.88. The van der Waals surface area contributed by atoms with E-state index in [2.05, 4.69) is 16.8 Å². The van der Waals surface area contributed by atoms with Gasteiger partial charge in [-0.15, -0.1) is 0 Å². The minimum atomic E-state index is -0.297. The zero-order chi connectivity index (χ0) is 14.3. The van der Waals surface area contributed by atoms with Gasteiger partial charge in [-0.25, -0.2) is 0 Å². The van der Waals surface area contributed by atoms with Crippen molar-refractivity contribution < 1.29 is 9.66 Å². The van der Waals surface area contributed by atoms with Crippen LogP contribution in [0.2, 0.25) is 0 Å². The van der Waals surface area contributed by atoms with Crippen molar-refractivity contribution in [2.45, 2.75) is 19.1 Å². The number of hydrogen-bond acceptors (Lipinski definition) is 5. The van der Waals surface area contributed by atoms with Gasteiger partial charge in [-0.05, 0) is 25.6 Å². The summed E-state index contributed by atoms with van der Waals surface area (Å²) in [7, 11) is 2.09. The highest BCUT2D eigenvalue weighted by Gasteiger charge is 2.40. The second-order valence-electron chi connectivity index (χ2n) is 5.61. The van der Waals surface area contributed by atoms with Gasteiger partial charge in [-0.1, -0.05) is 6.07 Å². The second-order valence-corrected chi connectivity index (χ2v) is 5.61. The smallest absolute Gasteiger partial charge is 0.292 e. The Morgan fingerprint density at radius 1 is 1.40 bits per heavy atom. The number of fused-ring (bicyclic) bond motifs is 1. The molecule has 0 amide bonds. The van der Waals surface area contributed by atoms with Crippen molar-refractivity contribution >= 4 is 11.4 Å². The van der Waals surface area contributed by atoms with Crippen molar-refractivity contribution in [2.24, 2.45) is 0 Å². The van der Waals surface area contributed by atoms with Gasteiger partial charge in [0, 0.05) is 25.7 Å². The fourth-order valence-electron chi connectivity index (χ4n) is 3.10. The number of rotatable bonds is 2. The molecule has 2 aliphatic heterocycles. The van der Waals surface area contributed by atoms with Gasteiger partial charge in [0.05, 0.1) is 23.7 Å². The van der Waals surface area contributed by atoms with E-state index in [0.717, 1.165) is 31.8 Å². The highest BCUT2D eigenvalue weighted by atomic mass is 16.6. The minimum absolute atomic E-state index is 0.148. The van der Waals surface area contributed by atoms with Crippen molar-refractivity contribution in [1.29, 1.82) is 0 Å².